The third kappa shape index (κ3) is 49.1. The summed E-state index contributed by atoms with van der Waals surface area (Å²) in [5.74, 6) is 1.64. The molecule has 0 aliphatic heterocycles. The topological polar surface area (TPSA) is 32.3 Å². The Morgan fingerprint density at radius 3 is 0.812 bits per heavy atom. The molecule has 2 heterocycles. The first-order valence-electron chi connectivity index (χ1n) is 28.0. The molecule has 2 aromatic rings. The zero-order valence-electron chi connectivity index (χ0n) is 43.9. The van der Waals surface area contributed by atoms with E-state index in [4.69, 9.17) is 0 Å². The fourth-order valence-corrected chi connectivity index (χ4v) is 8.19. The van der Waals surface area contributed by atoms with Gasteiger partial charge in [-0.05, 0) is 139 Å². The van der Waals surface area contributed by atoms with Crippen LogP contribution in [0.3, 0.4) is 0 Å². The van der Waals surface area contributed by atoms with Gasteiger partial charge in [0.1, 0.15) is 0 Å². The van der Waals surface area contributed by atoms with Crippen LogP contribution in [0, 0.1) is 11.8 Å². The molecule has 64 heavy (non-hydrogen) atoms. The van der Waals surface area contributed by atoms with Crippen molar-refractivity contribution in [2.75, 3.05) is 39.3 Å². The van der Waals surface area contributed by atoms with Crippen LogP contribution in [0.1, 0.15) is 247 Å². The van der Waals surface area contributed by atoms with Crippen molar-refractivity contribution in [1.29, 1.82) is 0 Å². The molecule has 0 spiro atoms. The third-order valence-electron chi connectivity index (χ3n) is 12.8. The first-order valence-corrected chi connectivity index (χ1v) is 28.0. The van der Waals surface area contributed by atoms with Crippen LogP contribution in [0.4, 0.5) is 0 Å². The predicted octanol–water partition coefficient (Wildman–Crippen LogP) is 18.7. The third-order valence-corrected chi connectivity index (χ3v) is 12.8. The summed E-state index contributed by atoms with van der Waals surface area (Å²) in [6, 6.07) is 11.4. The first-order chi connectivity index (χ1) is 31.6. The number of rotatable bonds is 43. The molecule has 0 aliphatic carbocycles. The minimum atomic E-state index is 0.822. The van der Waals surface area contributed by atoms with E-state index < -0.39 is 0 Å². The molecule has 370 valence electrons. The lowest BCUT2D eigenvalue weighted by Crippen LogP contribution is -2.33. The van der Waals surface area contributed by atoms with E-state index in [1.807, 2.05) is 36.4 Å². The van der Waals surface area contributed by atoms with Gasteiger partial charge >= 0.3 is 0 Å². The highest BCUT2D eigenvalue weighted by Crippen LogP contribution is 2.15. The van der Waals surface area contributed by atoms with Gasteiger partial charge < -0.3 is 9.80 Å². The quantitative estimate of drug-likeness (QED) is 0.0491. The van der Waals surface area contributed by atoms with Gasteiger partial charge in [-0.1, -0.05) is 206 Å². The molecule has 0 N–H and O–H groups in total. The van der Waals surface area contributed by atoms with Gasteiger partial charge in [-0.25, -0.2) is 0 Å². The second kappa shape index (κ2) is 53.3. The summed E-state index contributed by atoms with van der Waals surface area (Å²) in [6.07, 6.45) is 61.3. The molecule has 0 aromatic carbocycles. The first kappa shape index (κ1) is 61.7. The maximum absolute atomic E-state index is 3.78. The summed E-state index contributed by atoms with van der Waals surface area (Å²) in [6.45, 7) is 22.1. The Labute approximate surface area is 401 Å². The van der Waals surface area contributed by atoms with Crippen molar-refractivity contribution in [1.82, 2.24) is 19.8 Å². The van der Waals surface area contributed by atoms with Crippen LogP contribution in [0.25, 0.3) is 0 Å². The van der Waals surface area contributed by atoms with Crippen molar-refractivity contribution in [3.8, 4) is 0 Å². The van der Waals surface area contributed by atoms with Crippen molar-refractivity contribution in [2.24, 2.45) is 11.8 Å². The molecule has 4 heteroatoms. The number of allylic oxidation sites excluding steroid dienone is 4. The summed E-state index contributed by atoms with van der Waals surface area (Å²) in [5.41, 5.74) is 0. The van der Waals surface area contributed by atoms with Gasteiger partial charge in [0.05, 0.1) is 0 Å². The molecule has 2 aromatic heterocycles. The summed E-state index contributed by atoms with van der Waals surface area (Å²) in [7, 11) is 0. The van der Waals surface area contributed by atoms with Gasteiger partial charge in [0.25, 0.3) is 0 Å². The number of hydrogen-bond donors (Lipinski definition) is 0. The van der Waals surface area contributed by atoms with Crippen LogP contribution in [0.5, 0.6) is 0 Å². The van der Waals surface area contributed by atoms with Crippen LogP contribution in [0.15, 0.2) is 85.5 Å². The van der Waals surface area contributed by atoms with Gasteiger partial charge in [-0.15, -0.1) is 0 Å². The van der Waals surface area contributed by atoms with E-state index >= 15 is 0 Å². The van der Waals surface area contributed by atoms with Crippen LogP contribution in [0.2, 0.25) is 0 Å². The van der Waals surface area contributed by atoms with Gasteiger partial charge in [0, 0.05) is 37.9 Å². The van der Waals surface area contributed by atoms with E-state index in [1.165, 1.54) is 245 Å². The molecule has 0 fully saturated rings. The maximum Gasteiger partial charge on any atom is 0.0267 e. The molecule has 2 unspecified atom stereocenters. The molecule has 0 amide bonds. The van der Waals surface area contributed by atoms with Crippen LogP contribution in [-0.2, 0) is 0 Å². The normalized spacial score (nSPS) is 12.4. The molecule has 2 atom stereocenters. The van der Waals surface area contributed by atoms with E-state index in [-0.39, 0.29) is 0 Å². The summed E-state index contributed by atoms with van der Waals surface area (Å²) < 4.78 is 0. The Kier molecular flexibility index (Phi) is 51.4. The molecule has 0 radical (unpaired) electrons. The number of hydrogen-bond acceptors (Lipinski definition) is 4. The van der Waals surface area contributed by atoms with Crippen molar-refractivity contribution in [3.63, 3.8) is 0 Å². The van der Waals surface area contributed by atoms with E-state index in [9.17, 15) is 0 Å². The lowest BCUT2D eigenvalue weighted by atomic mass is 10.1. The van der Waals surface area contributed by atoms with Crippen molar-refractivity contribution in [2.45, 2.75) is 247 Å². The smallest absolute Gasteiger partial charge is 0.0267 e. The Bertz CT molecular complexity index is 1010. The highest BCUT2D eigenvalue weighted by atomic mass is 15.1. The summed E-state index contributed by atoms with van der Waals surface area (Å²) in [5, 5.41) is 0. The highest BCUT2D eigenvalue weighted by molar-refractivity contribution is 4.89. The average Bonchev–Trinajstić information content (AvgIpc) is 3.33. The molecular weight excluding hydrogens is 777 g/mol. The van der Waals surface area contributed by atoms with Gasteiger partial charge in [0.15, 0.2) is 0 Å². The number of unbranched alkanes of at least 4 members (excludes halogenated alkanes) is 25. The molecule has 0 saturated carbocycles. The molecule has 4 nitrogen and oxygen atoms in total. The lowest BCUT2D eigenvalue weighted by molar-refractivity contribution is 0.203. The number of nitrogens with zero attached hydrogens (tertiary/aromatic N) is 4. The lowest BCUT2D eigenvalue weighted by Gasteiger charge is -2.27. The Hall–Kier alpha value is -2.30. The standard InChI is InChI=1S/C50H100N2.2C5H5N/c1-7-11-13-15-17-19-21-23-25-27-29-31-33-35-37-39-43-51(47-49(5)9-3)45-41-42-46-52(48-50(6)10-4)44-40-38-36-34-32-30-28-26-24-22-20-18-16-14-12-8-2;2*1-2-4-6-5-3-1/h23-26,49-50H,7-22,27-48H2,1-6H3;2*1-5H. The summed E-state index contributed by atoms with van der Waals surface area (Å²) >= 11 is 0. The van der Waals surface area contributed by atoms with Crippen molar-refractivity contribution >= 4 is 0 Å². The molecule has 0 saturated heterocycles. The second-order valence-corrected chi connectivity index (χ2v) is 19.3. The Morgan fingerprint density at radius 1 is 0.328 bits per heavy atom. The van der Waals surface area contributed by atoms with Gasteiger partial charge in [-0.2, -0.15) is 0 Å². The molecular formula is C60H110N4. The maximum atomic E-state index is 3.78. The zero-order valence-corrected chi connectivity index (χ0v) is 43.9. The number of pyridine rings is 2. The van der Waals surface area contributed by atoms with E-state index in [0.717, 1.165) is 11.8 Å². The van der Waals surface area contributed by atoms with Crippen LogP contribution >= 0.6 is 0 Å². The second-order valence-electron chi connectivity index (χ2n) is 19.3. The fraction of sp³-hybridized carbons (Fsp3) is 0.767. The van der Waals surface area contributed by atoms with Gasteiger partial charge in [-0.3, -0.25) is 9.97 Å². The van der Waals surface area contributed by atoms with Gasteiger partial charge in [0.2, 0.25) is 0 Å². The van der Waals surface area contributed by atoms with Crippen LogP contribution in [-0.4, -0.2) is 59.0 Å². The molecule has 0 bridgehead atoms. The monoisotopic (exact) mass is 887 g/mol. The highest BCUT2D eigenvalue weighted by Gasteiger charge is 2.12. The van der Waals surface area contributed by atoms with Crippen molar-refractivity contribution < 1.29 is 0 Å². The Balaban J connectivity index is 0.00000281. The SMILES string of the molecule is CCCCCCCCC=CCCCCCCCCN(CCCCN(CCCCCCCCC=CCCCCCCCC)CC(C)CC)CC(C)CC.c1ccncc1.c1ccncc1. The summed E-state index contributed by atoms with van der Waals surface area (Å²) in [4.78, 5) is 13.2. The van der Waals surface area contributed by atoms with E-state index in [0.29, 0.717) is 0 Å². The van der Waals surface area contributed by atoms with E-state index in [1.54, 1.807) is 24.8 Å². The largest absolute Gasteiger partial charge is 0.303 e. The van der Waals surface area contributed by atoms with Crippen LogP contribution < -0.4 is 0 Å². The Morgan fingerprint density at radius 2 is 0.578 bits per heavy atom. The molecule has 2 rings (SSSR count). The average molecular weight is 888 g/mol. The zero-order chi connectivity index (χ0) is 46.5. The van der Waals surface area contributed by atoms with E-state index in [2.05, 4.69) is 85.6 Å². The predicted molar refractivity (Wildman–Crippen MR) is 288 cm³/mol. The fourth-order valence-electron chi connectivity index (χ4n) is 8.19. The van der Waals surface area contributed by atoms with Crippen molar-refractivity contribution in [3.05, 3.63) is 85.5 Å². The minimum Gasteiger partial charge on any atom is -0.303 e. The minimum absolute atomic E-state index is 0.822. The molecule has 0 aliphatic rings. The number of aromatic nitrogens is 2.